The Morgan fingerprint density at radius 1 is 0.955 bits per heavy atom. The van der Waals surface area contributed by atoms with Crippen LogP contribution in [0.15, 0.2) is 71.6 Å². The van der Waals surface area contributed by atoms with Crippen molar-refractivity contribution in [3.63, 3.8) is 0 Å². The summed E-state index contributed by atoms with van der Waals surface area (Å²) in [5.41, 5.74) is -0.501. The average Bonchev–Trinajstić information content (AvgIpc) is 2.94. The number of hydrogen-bond donors (Lipinski definition) is 2. The molecule has 3 atom stereocenters. The molecule has 232 valence electrons. The van der Waals surface area contributed by atoms with Gasteiger partial charge in [-0.15, -0.1) is 0 Å². The molecule has 1 unspecified atom stereocenters. The third-order valence-electron chi connectivity index (χ3n) is 6.64. The Balaban J connectivity index is 1.85. The van der Waals surface area contributed by atoms with E-state index < -0.39 is 52.1 Å². The standard InChI is InChI=1S/C31H29ClF4N4O3S/c1-30(2,33)16-27(29(41)39-24(18-38)15-23-5-4-19(17-37)14-26(23)32)40-28(31(34,35)36)22-8-6-20(7-9-22)21-10-12-25(13-11-21)44(3,42)43/h4-14,24,27-28,40H,15-16H2,1-3H3,(H,39,41)/t24?,27-,28-/m0/s1. The summed E-state index contributed by atoms with van der Waals surface area (Å²) in [6.07, 6.45) is -4.56. The van der Waals surface area contributed by atoms with Gasteiger partial charge < -0.3 is 5.32 Å². The van der Waals surface area contributed by atoms with Crippen LogP contribution in [0.5, 0.6) is 0 Å². The Labute approximate surface area is 258 Å². The van der Waals surface area contributed by atoms with Crippen molar-refractivity contribution < 1.29 is 30.8 Å². The molecule has 0 aliphatic rings. The summed E-state index contributed by atoms with van der Waals surface area (Å²) in [4.78, 5) is 13.3. The molecule has 0 saturated carbocycles. The lowest BCUT2D eigenvalue weighted by molar-refractivity contribution is -0.161. The molecule has 0 heterocycles. The number of amides is 1. The lowest BCUT2D eigenvalue weighted by Crippen LogP contribution is -2.53. The fraction of sp³-hybridized carbons (Fsp3) is 0.323. The molecule has 0 saturated heterocycles. The normalized spacial score (nSPS) is 14.1. The zero-order valence-electron chi connectivity index (χ0n) is 23.9. The summed E-state index contributed by atoms with van der Waals surface area (Å²) < 4.78 is 81.2. The van der Waals surface area contributed by atoms with Gasteiger partial charge in [0.1, 0.15) is 17.8 Å². The maximum absolute atomic E-state index is 14.7. The predicted molar refractivity (Wildman–Crippen MR) is 158 cm³/mol. The molecule has 3 rings (SSSR count). The van der Waals surface area contributed by atoms with Crippen LogP contribution in [0, 0.1) is 22.7 Å². The van der Waals surface area contributed by atoms with Crippen molar-refractivity contribution in [2.24, 2.45) is 0 Å². The van der Waals surface area contributed by atoms with Gasteiger partial charge in [0.25, 0.3) is 0 Å². The number of alkyl halides is 4. The number of hydrogen-bond acceptors (Lipinski definition) is 6. The SMILES string of the molecule is CC(C)(F)C[C@H](N[C@@H](c1ccc(-c2ccc(S(C)(=O)=O)cc2)cc1)C(F)(F)F)C(=O)NC(C#N)Cc1ccc(C#N)cc1Cl. The van der Waals surface area contributed by atoms with Crippen LogP contribution in [0.1, 0.15) is 43.0 Å². The lowest BCUT2D eigenvalue weighted by Gasteiger charge is -2.30. The molecule has 0 aliphatic carbocycles. The number of rotatable bonds is 11. The molecule has 7 nitrogen and oxygen atoms in total. The van der Waals surface area contributed by atoms with Crippen molar-refractivity contribution >= 4 is 27.3 Å². The topological polar surface area (TPSA) is 123 Å². The van der Waals surface area contributed by atoms with Gasteiger partial charge in [-0.25, -0.2) is 12.8 Å². The monoisotopic (exact) mass is 648 g/mol. The highest BCUT2D eigenvalue weighted by Gasteiger charge is 2.44. The molecule has 0 bridgehead atoms. The maximum atomic E-state index is 14.7. The fourth-order valence-corrected chi connectivity index (χ4v) is 5.35. The van der Waals surface area contributed by atoms with E-state index in [1.54, 1.807) is 0 Å². The number of sulfone groups is 1. The van der Waals surface area contributed by atoms with E-state index in [1.807, 2.05) is 12.1 Å². The van der Waals surface area contributed by atoms with Gasteiger partial charge in [0.15, 0.2) is 9.84 Å². The number of nitrogens with zero attached hydrogens (tertiary/aromatic N) is 2. The van der Waals surface area contributed by atoms with Crippen LogP contribution in [0.2, 0.25) is 5.02 Å². The summed E-state index contributed by atoms with van der Waals surface area (Å²) in [6, 6.07) is 14.0. The molecular formula is C31H29ClF4N4O3S. The molecule has 3 aromatic carbocycles. The van der Waals surface area contributed by atoms with Gasteiger partial charge in [-0.05, 0) is 60.4 Å². The van der Waals surface area contributed by atoms with E-state index in [4.69, 9.17) is 16.9 Å². The zero-order valence-corrected chi connectivity index (χ0v) is 25.5. The van der Waals surface area contributed by atoms with Gasteiger partial charge in [0.05, 0.1) is 28.6 Å². The second-order valence-corrected chi connectivity index (χ2v) is 13.3. The second kappa shape index (κ2) is 13.8. The van der Waals surface area contributed by atoms with Crippen molar-refractivity contribution in [3.05, 3.63) is 88.4 Å². The maximum Gasteiger partial charge on any atom is 0.407 e. The van der Waals surface area contributed by atoms with Gasteiger partial charge >= 0.3 is 6.18 Å². The molecule has 0 fully saturated rings. The van der Waals surface area contributed by atoms with E-state index in [-0.39, 0.29) is 27.5 Å². The quantitative estimate of drug-likeness (QED) is 0.238. The third kappa shape index (κ3) is 9.52. The van der Waals surface area contributed by atoms with Crippen molar-refractivity contribution in [1.29, 1.82) is 10.5 Å². The fourth-order valence-electron chi connectivity index (χ4n) is 4.46. The minimum atomic E-state index is -4.89. The van der Waals surface area contributed by atoms with Crippen LogP contribution in [0.25, 0.3) is 11.1 Å². The van der Waals surface area contributed by atoms with Gasteiger partial charge in [-0.1, -0.05) is 54.1 Å². The van der Waals surface area contributed by atoms with Crippen molar-refractivity contribution in [2.75, 3.05) is 6.26 Å². The molecule has 0 radical (unpaired) electrons. The lowest BCUT2D eigenvalue weighted by atomic mass is 9.96. The number of carbonyl (C=O) groups is 1. The molecule has 0 aliphatic heterocycles. The largest absolute Gasteiger partial charge is 0.407 e. The van der Waals surface area contributed by atoms with Gasteiger partial charge in [0.2, 0.25) is 5.91 Å². The van der Waals surface area contributed by atoms with Crippen LogP contribution >= 0.6 is 11.6 Å². The summed E-state index contributed by atoms with van der Waals surface area (Å²) in [7, 11) is -3.42. The summed E-state index contributed by atoms with van der Waals surface area (Å²) in [5, 5.41) is 23.5. The Morgan fingerprint density at radius 2 is 1.52 bits per heavy atom. The van der Waals surface area contributed by atoms with Crippen molar-refractivity contribution in [1.82, 2.24) is 10.6 Å². The van der Waals surface area contributed by atoms with Crippen LogP contribution in [-0.2, 0) is 21.1 Å². The van der Waals surface area contributed by atoms with Crippen molar-refractivity contribution in [2.45, 2.75) is 61.6 Å². The number of carbonyl (C=O) groups excluding carboxylic acids is 1. The van der Waals surface area contributed by atoms with Crippen molar-refractivity contribution in [3.8, 4) is 23.3 Å². The Kier molecular flexibility index (Phi) is 10.8. The minimum Gasteiger partial charge on any atom is -0.339 e. The number of halogens is 5. The number of benzene rings is 3. The van der Waals surface area contributed by atoms with E-state index in [1.165, 1.54) is 66.7 Å². The average molecular weight is 649 g/mol. The molecule has 2 N–H and O–H groups in total. The van der Waals surface area contributed by atoms with Crippen LogP contribution in [0.4, 0.5) is 17.6 Å². The van der Waals surface area contributed by atoms with Crippen LogP contribution in [-0.4, -0.2) is 44.5 Å². The smallest absolute Gasteiger partial charge is 0.339 e. The highest BCUT2D eigenvalue weighted by atomic mass is 35.5. The Hall–Kier alpha value is -3.97. The van der Waals surface area contributed by atoms with Crippen LogP contribution in [0.3, 0.4) is 0 Å². The van der Waals surface area contributed by atoms with Crippen LogP contribution < -0.4 is 10.6 Å². The van der Waals surface area contributed by atoms with Gasteiger partial charge in [-0.3, -0.25) is 10.1 Å². The highest BCUT2D eigenvalue weighted by Crippen LogP contribution is 2.35. The third-order valence-corrected chi connectivity index (χ3v) is 8.12. The van der Waals surface area contributed by atoms with E-state index in [2.05, 4.69) is 10.6 Å². The molecule has 0 spiro atoms. The first-order valence-electron chi connectivity index (χ1n) is 13.2. The number of nitrogens with one attached hydrogen (secondary N) is 2. The van der Waals surface area contributed by atoms with E-state index in [9.17, 15) is 36.0 Å². The zero-order chi connectivity index (χ0) is 32.9. The molecule has 3 aromatic rings. The minimum absolute atomic E-state index is 0.0953. The Bertz CT molecular complexity index is 1680. The highest BCUT2D eigenvalue weighted by molar-refractivity contribution is 7.90. The second-order valence-electron chi connectivity index (χ2n) is 10.8. The summed E-state index contributed by atoms with van der Waals surface area (Å²) in [5.74, 6) is -1.01. The van der Waals surface area contributed by atoms with E-state index in [0.717, 1.165) is 20.1 Å². The molecular weight excluding hydrogens is 620 g/mol. The molecule has 44 heavy (non-hydrogen) atoms. The first-order chi connectivity index (χ1) is 20.4. The molecule has 0 aromatic heterocycles. The summed E-state index contributed by atoms with van der Waals surface area (Å²) >= 11 is 6.17. The molecule has 1 amide bonds. The summed E-state index contributed by atoms with van der Waals surface area (Å²) in [6.45, 7) is 2.25. The first kappa shape index (κ1) is 34.5. The van der Waals surface area contributed by atoms with Gasteiger partial charge in [0, 0.05) is 24.1 Å². The first-order valence-corrected chi connectivity index (χ1v) is 15.5. The Morgan fingerprint density at radius 3 is 1.98 bits per heavy atom. The van der Waals surface area contributed by atoms with E-state index in [0.29, 0.717) is 16.7 Å². The predicted octanol–water partition coefficient (Wildman–Crippen LogP) is 6.23. The van der Waals surface area contributed by atoms with Gasteiger partial charge in [-0.2, -0.15) is 23.7 Å². The van der Waals surface area contributed by atoms with E-state index >= 15 is 0 Å². The number of nitriles is 2. The molecule has 13 heteroatoms.